The highest BCUT2D eigenvalue weighted by molar-refractivity contribution is 7.99. The Balaban J connectivity index is 1.21. The minimum atomic E-state index is -0.466. The van der Waals surface area contributed by atoms with Crippen molar-refractivity contribution in [2.24, 2.45) is 0 Å². The molecule has 55 heavy (non-hydrogen) atoms. The van der Waals surface area contributed by atoms with Gasteiger partial charge in [-0.15, -0.1) is 0 Å². The highest BCUT2D eigenvalue weighted by Gasteiger charge is 2.50. The molecule has 1 spiro atoms. The molecular formula is C53H35NS. The molecule has 0 N–H and O–H groups in total. The Kier molecular flexibility index (Phi) is 7.40. The van der Waals surface area contributed by atoms with Crippen LogP contribution < -0.4 is 4.90 Å². The van der Waals surface area contributed by atoms with Crippen LogP contribution in [0.4, 0.5) is 17.1 Å². The smallest absolute Gasteiger partial charge is 0.0741 e. The molecule has 9 aromatic carbocycles. The molecule has 1 aliphatic carbocycles. The first kappa shape index (κ1) is 31.9. The second-order valence-corrected chi connectivity index (χ2v) is 15.5. The summed E-state index contributed by atoms with van der Waals surface area (Å²) in [6.07, 6.45) is 0. The largest absolute Gasteiger partial charge is 0.309 e. The van der Waals surface area contributed by atoms with Crippen LogP contribution in [0.5, 0.6) is 0 Å². The van der Waals surface area contributed by atoms with Crippen LogP contribution in [0.15, 0.2) is 222 Å². The molecule has 1 nitrogen and oxygen atoms in total. The van der Waals surface area contributed by atoms with E-state index in [0.717, 1.165) is 17.1 Å². The van der Waals surface area contributed by atoms with E-state index in [1.165, 1.54) is 76.2 Å². The highest BCUT2D eigenvalue weighted by atomic mass is 32.2. The number of hydrogen-bond acceptors (Lipinski definition) is 2. The predicted molar refractivity (Wildman–Crippen MR) is 231 cm³/mol. The Morgan fingerprint density at radius 3 is 1.58 bits per heavy atom. The number of benzene rings is 9. The zero-order valence-corrected chi connectivity index (χ0v) is 30.9. The standard InChI is InChI=1S/C53H35NS/c1-3-16-36(17-4-1)37-30-32-39(33-31-37)54(48-27-13-9-20-40(48)38-18-5-2-6-19-38)49-28-15-23-44-43(49)34-35-51-52(44)53(47-26-12-14-29-50(47)55-51)45-24-10-7-21-41(45)42-22-8-11-25-46(42)53/h1-35H. The fourth-order valence-corrected chi connectivity index (χ4v) is 10.5. The Morgan fingerprint density at radius 2 is 0.873 bits per heavy atom. The molecule has 1 aliphatic heterocycles. The average molecular weight is 718 g/mol. The minimum absolute atomic E-state index is 0.466. The van der Waals surface area contributed by atoms with Crippen LogP contribution in [-0.2, 0) is 5.41 Å². The average Bonchev–Trinajstić information content (AvgIpc) is 3.55. The molecule has 0 saturated heterocycles. The quantitative estimate of drug-likeness (QED) is 0.174. The molecule has 0 saturated carbocycles. The first-order chi connectivity index (χ1) is 27.3. The molecule has 0 atom stereocenters. The van der Waals surface area contributed by atoms with Crippen LogP contribution in [0.3, 0.4) is 0 Å². The lowest BCUT2D eigenvalue weighted by Crippen LogP contribution is -2.32. The van der Waals surface area contributed by atoms with E-state index in [2.05, 4.69) is 217 Å². The fourth-order valence-electron chi connectivity index (χ4n) is 9.27. The summed E-state index contributed by atoms with van der Waals surface area (Å²) in [6.45, 7) is 0. The van der Waals surface area contributed by atoms with Crippen molar-refractivity contribution in [1.82, 2.24) is 0 Å². The van der Waals surface area contributed by atoms with E-state index in [4.69, 9.17) is 0 Å². The van der Waals surface area contributed by atoms with Gasteiger partial charge in [0.25, 0.3) is 0 Å². The van der Waals surface area contributed by atoms with E-state index in [0.29, 0.717) is 0 Å². The predicted octanol–water partition coefficient (Wildman–Crippen LogP) is 14.5. The molecule has 0 unspecified atom stereocenters. The molecule has 9 aromatic rings. The van der Waals surface area contributed by atoms with Crippen molar-refractivity contribution in [3.63, 3.8) is 0 Å². The van der Waals surface area contributed by atoms with Gasteiger partial charge in [0.2, 0.25) is 0 Å². The van der Waals surface area contributed by atoms with Gasteiger partial charge in [-0.3, -0.25) is 0 Å². The molecule has 11 rings (SSSR count). The molecule has 0 aromatic heterocycles. The maximum Gasteiger partial charge on any atom is 0.0741 e. The lowest BCUT2D eigenvalue weighted by molar-refractivity contribution is 0.730. The zero-order valence-electron chi connectivity index (χ0n) is 30.1. The van der Waals surface area contributed by atoms with E-state index < -0.39 is 5.41 Å². The second kappa shape index (κ2) is 12.8. The summed E-state index contributed by atoms with van der Waals surface area (Å²) >= 11 is 1.90. The van der Waals surface area contributed by atoms with Crippen molar-refractivity contribution in [3.05, 3.63) is 235 Å². The van der Waals surface area contributed by atoms with Crippen LogP contribution in [-0.4, -0.2) is 0 Å². The number of nitrogens with zero attached hydrogens (tertiary/aromatic N) is 1. The number of rotatable bonds is 5. The third kappa shape index (κ3) is 4.82. The molecule has 0 bridgehead atoms. The summed E-state index contributed by atoms with van der Waals surface area (Å²) in [4.78, 5) is 5.09. The molecule has 1 heterocycles. The van der Waals surface area contributed by atoms with Crippen LogP contribution in [0, 0.1) is 0 Å². The Labute approximate surface area is 326 Å². The van der Waals surface area contributed by atoms with Gasteiger partial charge in [-0.05, 0) is 91.9 Å². The number of para-hydroxylation sites is 1. The first-order valence-electron chi connectivity index (χ1n) is 18.9. The van der Waals surface area contributed by atoms with Crippen LogP contribution >= 0.6 is 11.8 Å². The van der Waals surface area contributed by atoms with E-state index >= 15 is 0 Å². The van der Waals surface area contributed by atoms with Crippen molar-refractivity contribution in [1.29, 1.82) is 0 Å². The third-order valence-corrected chi connectivity index (χ3v) is 12.7. The SMILES string of the molecule is c1ccc(-c2ccc(N(c3ccccc3-c3ccccc3)c3cccc4c5c(ccc34)Sc3ccccc3C53c4ccccc4-c4ccccc43)cc2)cc1. The summed E-state index contributed by atoms with van der Waals surface area (Å²) < 4.78 is 0. The van der Waals surface area contributed by atoms with E-state index in [9.17, 15) is 0 Å². The number of fused-ring (bicyclic) bond motifs is 11. The lowest BCUT2D eigenvalue weighted by Gasteiger charge is -2.41. The van der Waals surface area contributed by atoms with E-state index in [1.54, 1.807) is 0 Å². The maximum atomic E-state index is 2.47. The second-order valence-electron chi connectivity index (χ2n) is 14.4. The molecule has 0 fully saturated rings. The van der Waals surface area contributed by atoms with Crippen LogP contribution in [0.2, 0.25) is 0 Å². The van der Waals surface area contributed by atoms with Gasteiger partial charge in [0.15, 0.2) is 0 Å². The number of hydrogen-bond donors (Lipinski definition) is 0. The van der Waals surface area contributed by atoms with Gasteiger partial charge in [0.05, 0.1) is 16.8 Å². The summed E-state index contributed by atoms with van der Waals surface area (Å²) in [5, 5.41) is 2.49. The topological polar surface area (TPSA) is 3.24 Å². The molecular weight excluding hydrogens is 683 g/mol. The van der Waals surface area contributed by atoms with Crippen molar-refractivity contribution in [2.45, 2.75) is 15.2 Å². The Hall–Kier alpha value is -6.61. The van der Waals surface area contributed by atoms with Gasteiger partial charge in [0.1, 0.15) is 0 Å². The van der Waals surface area contributed by atoms with Crippen LogP contribution in [0.1, 0.15) is 22.3 Å². The van der Waals surface area contributed by atoms with E-state index in [-0.39, 0.29) is 0 Å². The first-order valence-corrected chi connectivity index (χ1v) is 19.8. The normalized spacial score (nSPS) is 13.2. The monoisotopic (exact) mass is 717 g/mol. The van der Waals surface area contributed by atoms with Crippen molar-refractivity contribution in [3.8, 4) is 33.4 Å². The molecule has 0 amide bonds. The molecule has 2 aliphatic rings. The minimum Gasteiger partial charge on any atom is -0.309 e. The van der Waals surface area contributed by atoms with Gasteiger partial charge >= 0.3 is 0 Å². The van der Waals surface area contributed by atoms with Crippen molar-refractivity contribution < 1.29 is 0 Å². The summed E-state index contributed by atoms with van der Waals surface area (Å²) in [7, 11) is 0. The Bertz CT molecular complexity index is 2850. The van der Waals surface area contributed by atoms with E-state index in [1.807, 2.05) is 11.8 Å². The summed E-state index contributed by atoms with van der Waals surface area (Å²) in [5.74, 6) is 0. The zero-order chi connectivity index (χ0) is 36.3. The summed E-state index contributed by atoms with van der Waals surface area (Å²) in [5.41, 5.74) is 15.8. The van der Waals surface area contributed by atoms with Gasteiger partial charge in [-0.1, -0.05) is 188 Å². The van der Waals surface area contributed by atoms with Gasteiger partial charge < -0.3 is 4.90 Å². The fraction of sp³-hybridized carbons (Fsp3) is 0.0189. The van der Waals surface area contributed by atoms with Gasteiger partial charge in [-0.25, -0.2) is 0 Å². The molecule has 258 valence electrons. The number of anilines is 3. The maximum absolute atomic E-state index is 2.47. The highest BCUT2D eigenvalue weighted by Crippen LogP contribution is 2.63. The Morgan fingerprint density at radius 1 is 0.327 bits per heavy atom. The molecule has 2 heteroatoms. The van der Waals surface area contributed by atoms with Crippen molar-refractivity contribution in [2.75, 3.05) is 4.90 Å². The van der Waals surface area contributed by atoms with Crippen molar-refractivity contribution >= 4 is 39.6 Å². The lowest BCUT2D eigenvalue weighted by atomic mass is 9.66. The van der Waals surface area contributed by atoms with Crippen LogP contribution in [0.25, 0.3) is 44.2 Å². The molecule has 0 radical (unpaired) electrons. The third-order valence-electron chi connectivity index (χ3n) is 11.5. The summed E-state index contributed by atoms with van der Waals surface area (Å²) in [6, 6.07) is 78.2. The van der Waals surface area contributed by atoms with Gasteiger partial charge in [0, 0.05) is 26.4 Å². The van der Waals surface area contributed by atoms with Gasteiger partial charge in [-0.2, -0.15) is 0 Å².